The summed E-state index contributed by atoms with van der Waals surface area (Å²) < 4.78 is 11.6. The molecule has 7 heteroatoms. The fourth-order valence-corrected chi connectivity index (χ4v) is 4.51. The number of ether oxygens (including phenoxy) is 2. The number of carbonyl (C=O) groups excluding carboxylic acids is 1. The van der Waals surface area contributed by atoms with Crippen molar-refractivity contribution in [3.05, 3.63) is 95.4 Å². The molecule has 2 aromatic heterocycles. The topological polar surface area (TPSA) is 80.3 Å². The summed E-state index contributed by atoms with van der Waals surface area (Å²) >= 11 is 0. The van der Waals surface area contributed by atoms with Gasteiger partial charge in [-0.3, -0.25) is 14.9 Å². The predicted octanol–water partition coefficient (Wildman–Crippen LogP) is 5.40. The second kappa shape index (κ2) is 10.0. The minimum Gasteiger partial charge on any atom is -0.493 e. The Morgan fingerprint density at radius 3 is 2.57 bits per heavy atom. The monoisotopic (exact) mass is 468 g/mol. The molecular weight excluding hydrogens is 440 g/mol. The first-order valence-electron chi connectivity index (χ1n) is 11.9. The van der Waals surface area contributed by atoms with Crippen LogP contribution in [0.2, 0.25) is 0 Å². The molecule has 1 amide bonds. The van der Waals surface area contributed by atoms with Crippen LogP contribution < -0.4 is 9.47 Å². The third-order valence-electron chi connectivity index (χ3n) is 6.27. The number of unbranched alkanes of at least 4 members (excludes halogenated alkanes) is 1. The molecule has 0 saturated heterocycles. The molecule has 5 rings (SSSR count). The van der Waals surface area contributed by atoms with E-state index in [9.17, 15) is 4.79 Å². The molecule has 35 heavy (non-hydrogen) atoms. The van der Waals surface area contributed by atoms with Crippen LogP contribution in [0.1, 0.15) is 53.0 Å². The van der Waals surface area contributed by atoms with E-state index in [4.69, 9.17) is 9.47 Å². The number of rotatable bonds is 9. The first-order chi connectivity index (χ1) is 17.2. The number of carbonyl (C=O) groups is 1. The van der Waals surface area contributed by atoms with Gasteiger partial charge in [-0.25, -0.2) is 0 Å². The predicted molar refractivity (Wildman–Crippen MR) is 133 cm³/mol. The first kappa shape index (κ1) is 22.7. The zero-order valence-corrected chi connectivity index (χ0v) is 19.9. The zero-order chi connectivity index (χ0) is 24.2. The normalized spacial score (nSPS) is 14.7. The molecule has 1 N–H and O–H groups in total. The summed E-state index contributed by atoms with van der Waals surface area (Å²) in [6.07, 6.45) is 5.51. The van der Waals surface area contributed by atoms with Crippen molar-refractivity contribution in [2.24, 2.45) is 0 Å². The molecule has 3 heterocycles. The summed E-state index contributed by atoms with van der Waals surface area (Å²) in [6, 6.07) is 19.4. The van der Waals surface area contributed by atoms with E-state index in [0.29, 0.717) is 30.3 Å². The fourth-order valence-electron chi connectivity index (χ4n) is 4.51. The van der Waals surface area contributed by atoms with Gasteiger partial charge in [0, 0.05) is 30.1 Å². The van der Waals surface area contributed by atoms with Crippen molar-refractivity contribution in [1.29, 1.82) is 0 Å². The molecule has 178 valence electrons. The molecule has 0 bridgehead atoms. The molecule has 4 aromatic rings. The molecule has 2 aromatic carbocycles. The number of fused-ring (bicyclic) bond motifs is 1. The third-order valence-corrected chi connectivity index (χ3v) is 6.27. The number of hydrogen-bond donors (Lipinski definition) is 1. The van der Waals surface area contributed by atoms with Crippen LogP contribution in [0.3, 0.4) is 0 Å². The highest BCUT2D eigenvalue weighted by molar-refractivity contribution is 6.00. The van der Waals surface area contributed by atoms with Crippen LogP contribution >= 0.6 is 0 Å². The minimum absolute atomic E-state index is 0.0845. The van der Waals surface area contributed by atoms with Crippen molar-refractivity contribution >= 4 is 5.91 Å². The average Bonchev–Trinajstić information content (AvgIpc) is 3.44. The SMILES string of the molecule is CCCCOc1ccc(C2c3c(-c4ccccc4)n[nH]c3C(=O)N2Cc2ccncc2)cc1OC. The summed E-state index contributed by atoms with van der Waals surface area (Å²) in [7, 11) is 1.64. The van der Waals surface area contributed by atoms with Gasteiger partial charge < -0.3 is 14.4 Å². The first-order valence-corrected chi connectivity index (χ1v) is 11.9. The average molecular weight is 469 g/mol. The lowest BCUT2D eigenvalue weighted by Gasteiger charge is -2.27. The molecule has 0 fully saturated rings. The minimum atomic E-state index is -0.335. The standard InChI is InChI=1S/C28H28N4O3/c1-3-4-16-35-22-11-10-21(17-23(22)34-2)27-24-25(20-8-6-5-7-9-20)30-31-26(24)28(33)32(27)18-19-12-14-29-15-13-19/h5-15,17,27H,3-4,16,18H2,1-2H3,(H,30,31). The number of H-pyrrole nitrogens is 1. The Bertz CT molecular complexity index is 1300. The van der Waals surface area contributed by atoms with Crippen molar-refractivity contribution in [3.8, 4) is 22.8 Å². The number of aromatic nitrogens is 3. The van der Waals surface area contributed by atoms with E-state index in [-0.39, 0.29) is 11.9 Å². The molecule has 7 nitrogen and oxygen atoms in total. The van der Waals surface area contributed by atoms with Crippen LogP contribution in [0.15, 0.2) is 73.1 Å². The van der Waals surface area contributed by atoms with Crippen LogP contribution in [0, 0.1) is 0 Å². The fraction of sp³-hybridized carbons (Fsp3) is 0.250. The molecule has 1 aliphatic heterocycles. The summed E-state index contributed by atoms with van der Waals surface area (Å²) in [5, 5.41) is 7.56. The van der Waals surface area contributed by atoms with Gasteiger partial charge in [0.15, 0.2) is 11.5 Å². The molecule has 1 atom stereocenters. The maximum Gasteiger partial charge on any atom is 0.273 e. The maximum absolute atomic E-state index is 13.6. The quantitative estimate of drug-likeness (QED) is 0.333. The summed E-state index contributed by atoms with van der Waals surface area (Å²) in [4.78, 5) is 19.6. The van der Waals surface area contributed by atoms with Crippen molar-refractivity contribution in [2.75, 3.05) is 13.7 Å². The lowest BCUT2D eigenvalue weighted by atomic mass is 9.95. The van der Waals surface area contributed by atoms with E-state index < -0.39 is 0 Å². The largest absolute Gasteiger partial charge is 0.493 e. The highest BCUT2D eigenvalue weighted by atomic mass is 16.5. The smallest absolute Gasteiger partial charge is 0.273 e. The van der Waals surface area contributed by atoms with Gasteiger partial charge in [0.2, 0.25) is 0 Å². The van der Waals surface area contributed by atoms with Gasteiger partial charge in [0.1, 0.15) is 5.69 Å². The highest BCUT2D eigenvalue weighted by Crippen LogP contribution is 2.45. The van der Waals surface area contributed by atoms with E-state index >= 15 is 0 Å². The van der Waals surface area contributed by atoms with E-state index in [0.717, 1.165) is 40.8 Å². The van der Waals surface area contributed by atoms with Crippen molar-refractivity contribution < 1.29 is 14.3 Å². The van der Waals surface area contributed by atoms with Crippen molar-refractivity contribution in [3.63, 3.8) is 0 Å². The van der Waals surface area contributed by atoms with E-state index in [2.05, 4.69) is 22.1 Å². The summed E-state index contributed by atoms with van der Waals surface area (Å²) in [5.74, 6) is 1.26. The lowest BCUT2D eigenvalue weighted by molar-refractivity contribution is 0.0729. The Hall–Kier alpha value is -4.13. The van der Waals surface area contributed by atoms with Gasteiger partial charge in [-0.1, -0.05) is 49.7 Å². The molecule has 0 spiro atoms. The molecule has 0 radical (unpaired) electrons. The summed E-state index contributed by atoms with van der Waals surface area (Å²) in [6.45, 7) is 3.21. The number of aromatic amines is 1. The van der Waals surface area contributed by atoms with Crippen LogP contribution in [-0.4, -0.2) is 39.7 Å². The highest BCUT2D eigenvalue weighted by Gasteiger charge is 2.42. The number of pyridine rings is 1. The third kappa shape index (κ3) is 4.37. The van der Waals surface area contributed by atoms with Crippen LogP contribution in [0.5, 0.6) is 11.5 Å². The molecule has 0 saturated carbocycles. The second-order valence-electron chi connectivity index (χ2n) is 8.53. The Morgan fingerprint density at radius 1 is 1.03 bits per heavy atom. The number of hydrogen-bond acceptors (Lipinski definition) is 5. The van der Waals surface area contributed by atoms with E-state index in [1.54, 1.807) is 19.5 Å². The van der Waals surface area contributed by atoms with E-state index in [1.807, 2.05) is 65.6 Å². The van der Waals surface area contributed by atoms with Gasteiger partial charge in [-0.15, -0.1) is 0 Å². The number of benzene rings is 2. The van der Waals surface area contributed by atoms with Gasteiger partial charge >= 0.3 is 0 Å². The van der Waals surface area contributed by atoms with Crippen LogP contribution in [-0.2, 0) is 6.54 Å². The van der Waals surface area contributed by atoms with Crippen molar-refractivity contribution in [1.82, 2.24) is 20.1 Å². The second-order valence-corrected chi connectivity index (χ2v) is 8.53. The Balaban J connectivity index is 1.60. The number of nitrogens with one attached hydrogen (secondary N) is 1. The lowest BCUT2D eigenvalue weighted by Crippen LogP contribution is -2.29. The van der Waals surface area contributed by atoms with Gasteiger partial charge in [-0.05, 0) is 41.8 Å². The number of amides is 1. The zero-order valence-electron chi connectivity index (χ0n) is 19.9. The van der Waals surface area contributed by atoms with Gasteiger partial charge in [0.25, 0.3) is 5.91 Å². The Morgan fingerprint density at radius 2 is 1.83 bits per heavy atom. The molecule has 1 aliphatic rings. The Kier molecular flexibility index (Phi) is 6.48. The maximum atomic E-state index is 13.6. The van der Waals surface area contributed by atoms with Crippen LogP contribution in [0.4, 0.5) is 0 Å². The number of methoxy groups -OCH3 is 1. The molecule has 1 unspecified atom stereocenters. The number of nitrogens with zero attached hydrogens (tertiary/aromatic N) is 3. The van der Waals surface area contributed by atoms with Crippen LogP contribution in [0.25, 0.3) is 11.3 Å². The molecule has 0 aliphatic carbocycles. The Labute approximate surface area is 204 Å². The van der Waals surface area contributed by atoms with Crippen molar-refractivity contribution in [2.45, 2.75) is 32.4 Å². The van der Waals surface area contributed by atoms with Gasteiger partial charge in [-0.2, -0.15) is 5.10 Å². The molecular formula is C28H28N4O3. The van der Waals surface area contributed by atoms with E-state index in [1.165, 1.54) is 0 Å². The summed E-state index contributed by atoms with van der Waals surface area (Å²) in [5.41, 5.74) is 5.06. The van der Waals surface area contributed by atoms with Gasteiger partial charge in [0.05, 0.1) is 25.5 Å².